The zero-order valence-electron chi connectivity index (χ0n) is 10.7. The van der Waals surface area contributed by atoms with Gasteiger partial charge in [-0.15, -0.1) is 0 Å². The lowest BCUT2D eigenvalue weighted by atomic mass is 10.0. The van der Waals surface area contributed by atoms with Crippen LogP contribution in [0.5, 0.6) is 0 Å². The van der Waals surface area contributed by atoms with E-state index in [-0.39, 0.29) is 17.9 Å². The monoisotopic (exact) mass is 243 g/mol. The highest BCUT2D eigenvalue weighted by Gasteiger charge is 2.13. The second-order valence-electron chi connectivity index (χ2n) is 4.54. The maximum atomic E-state index is 13.7. The molecule has 94 valence electrons. The van der Waals surface area contributed by atoms with Crippen LogP contribution in [0.2, 0.25) is 0 Å². The highest BCUT2D eigenvalue weighted by atomic mass is 19.1. The number of hydrogen-bond donors (Lipinski definition) is 1. The lowest BCUT2D eigenvalue weighted by Crippen LogP contribution is -2.23. The second-order valence-corrected chi connectivity index (χ2v) is 4.54. The maximum absolute atomic E-state index is 13.7. The van der Waals surface area contributed by atoms with Crippen LogP contribution in [-0.2, 0) is 0 Å². The molecule has 0 bridgehead atoms. The topological polar surface area (TPSA) is 12.0 Å². The summed E-state index contributed by atoms with van der Waals surface area (Å²) < 4.78 is 13.7. The molecule has 0 heterocycles. The molecule has 0 aliphatic heterocycles. The van der Waals surface area contributed by atoms with Crippen molar-refractivity contribution in [3.8, 4) is 0 Å². The molecule has 0 saturated carbocycles. The van der Waals surface area contributed by atoms with Crippen molar-refractivity contribution < 1.29 is 4.39 Å². The van der Waals surface area contributed by atoms with Gasteiger partial charge in [0.1, 0.15) is 5.82 Å². The lowest BCUT2D eigenvalue weighted by molar-refractivity contribution is 0.474. The summed E-state index contributed by atoms with van der Waals surface area (Å²) in [7, 11) is 0. The van der Waals surface area contributed by atoms with Crippen LogP contribution in [0.1, 0.15) is 37.1 Å². The van der Waals surface area contributed by atoms with Crippen LogP contribution in [0.15, 0.2) is 54.6 Å². The molecule has 0 amide bonds. The van der Waals surface area contributed by atoms with Gasteiger partial charge in [0.2, 0.25) is 0 Å². The molecule has 2 aromatic carbocycles. The number of nitrogens with one attached hydrogen (secondary N) is 1. The minimum Gasteiger partial charge on any atom is -0.304 e. The van der Waals surface area contributed by atoms with Crippen molar-refractivity contribution in [2.75, 3.05) is 0 Å². The van der Waals surface area contributed by atoms with Gasteiger partial charge in [-0.1, -0.05) is 48.5 Å². The molecule has 0 unspecified atom stereocenters. The Morgan fingerprint density at radius 3 is 2.11 bits per heavy atom. The van der Waals surface area contributed by atoms with Crippen molar-refractivity contribution in [2.45, 2.75) is 25.9 Å². The van der Waals surface area contributed by atoms with Gasteiger partial charge in [0, 0.05) is 17.6 Å². The Bertz CT molecular complexity index is 495. The van der Waals surface area contributed by atoms with E-state index in [1.807, 2.05) is 37.3 Å². The predicted molar refractivity (Wildman–Crippen MR) is 72.8 cm³/mol. The molecule has 1 nitrogen and oxygen atoms in total. The molecule has 0 saturated heterocycles. The van der Waals surface area contributed by atoms with Crippen molar-refractivity contribution in [2.24, 2.45) is 0 Å². The average Bonchev–Trinajstić information content (AvgIpc) is 2.40. The van der Waals surface area contributed by atoms with E-state index in [1.54, 1.807) is 6.07 Å². The van der Waals surface area contributed by atoms with E-state index in [0.29, 0.717) is 5.56 Å². The summed E-state index contributed by atoms with van der Waals surface area (Å²) in [6.45, 7) is 4.07. The summed E-state index contributed by atoms with van der Waals surface area (Å²) in [6.07, 6.45) is 0. The van der Waals surface area contributed by atoms with Gasteiger partial charge in [-0.25, -0.2) is 4.39 Å². The number of halogens is 1. The van der Waals surface area contributed by atoms with Gasteiger partial charge in [0.15, 0.2) is 0 Å². The predicted octanol–water partition coefficient (Wildman–Crippen LogP) is 4.24. The van der Waals surface area contributed by atoms with Crippen LogP contribution in [0.25, 0.3) is 0 Å². The largest absolute Gasteiger partial charge is 0.304 e. The van der Waals surface area contributed by atoms with Crippen LogP contribution in [-0.4, -0.2) is 0 Å². The van der Waals surface area contributed by atoms with Gasteiger partial charge in [0.05, 0.1) is 0 Å². The average molecular weight is 243 g/mol. The van der Waals surface area contributed by atoms with Crippen molar-refractivity contribution >= 4 is 0 Å². The first-order valence-corrected chi connectivity index (χ1v) is 6.24. The van der Waals surface area contributed by atoms with Gasteiger partial charge < -0.3 is 5.32 Å². The number of benzene rings is 2. The Kier molecular flexibility index (Phi) is 4.11. The highest BCUT2D eigenvalue weighted by molar-refractivity contribution is 5.22. The number of hydrogen-bond acceptors (Lipinski definition) is 1. The van der Waals surface area contributed by atoms with Gasteiger partial charge in [0.25, 0.3) is 0 Å². The van der Waals surface area contributed by atoms with Crippen LogP contribution in [0.4, 0.5) is 4.39 Å². The molecular weight excluding hydrogens is 225 g/mol. The summed E-state index contributed by atoms with van der Waals surface area (Å²) in [5, 5.41) is 3.41. The molecule has 0 radical (unpaired) electrons. The normalized spacial score (nSPS) is 14.2. The fourth-order valence-corrected chi connectivity index (χ4v) is 2.13. The van der Waals surface area contributed by atoms with E-state index in [1.165, 1.54) is 11.6 Å². The maximum Gasteiger partial charge on any atom is 0.127 e. The Morgan fingerprint density at radius 1 is 0.833 bits per heavy atom. The first kappa shape index (κ1) is 12.8. The molecule has 0 aliphatic carbocycles. The fraction of sp³-hybridized carbons (Fsp3) is 0.250. The Morgan fingerprint density at radius 2 is 1.44 bits per heavy atom. The van der Waals surface area contributed by atoms with Crippen molar-refractivity contribution in [3.63, 3.8) is 0 Å². The highest BCUT2D eigenvalue weighted by Crippen LogP contribution is 2.21. The van der Waals surface area contributed by atoms with E-state index in [2.05, 4.69) is 24.4 Å². The molecule has 0 aliphatic rings. The molecule has 2 heteroatoms. The number of rotatable bonds is 4. The lowest BCUT2D eigenvalue weighted by Gasteiger charge is -2.21. The quantitative estimate of drug-likeness (QED) is 0.847. The summed E-state index contributed by atoms with van der Waals surface area (Å²) in [4.78, 5) is 0. The van der Waals surface area contributed by atoms with Gasteiger partial charge in [-0.2, -0.15) is 0 Å². The molecule has 18 heavy (non-hydrogen) atoms. The first-order valence-electron chi connectivity index (χ1n) is 6.24. The van der Waals surface area contributed by atoms with Gasteiger partial charge >= 0.3 is 0 Å². The minimum absolute atomic E-state index is 0.0126. The Balaban J connectivity index is 2.08. The molecule has 0 fully saturated rings. The third-order valence-corrected chi connectivity index (χ3v) is 3.17. The molecule has 2 aromatic rings. The summed E-state index contributed by atoms with van der Waals surface area (Å²) >= 11 is 0. The first-order chi connectivity index (χ1) is 8.68. The second kappa shape index (κ2) is 5.78. The summed E-state index contributed by atoms with van der Waals surface area (Å²) in [5.41, 5.74) is 1.92. The molecule has 0 spiro atoms. The van der Waals surface area contributed by atoms with Crippen molar-refractivity contribution in [1.29, 1.82) is 0 Å². The van der Waals surface area contributed by atoms with Gasteiger partial charge in [-0.05, 0) is 25.5 Å². The van der Waals surface area contributed by atoms with E-state index < -0.39 is 0 Å². The van der Waals surface area contributed by atoms with Crippen molar-refractivity contribution in [1.82, 2.24) is 5.32 Å². The minimum atomic E-state index is -0.155. The third kappa shape index (κ3) is 2.96. The fourth-order valence-electron chi connectivity index (χ4n) is 2.13. The zero-order valence-corrected chi connectivity index (χ0v) is 10.7. The zero-order chi connectivity index (χ0) is 13.0. The van der Waals surface area contributed by atoms with Crippen molar-refractivity contribution in [3.05, 3.63) is 71.5 Å². The molecular formula is C16H18FN. The van der Waals surface area contributed by atoms with Crippen LogP contribution >= 0.6 is 0 Å². The van der Waals surface area contributed by atoms with Crippen LogP contribution < -0.4 is 5.32 Å². The molecule has 1 N–H and O–H groups in total. The Hall–Kier alpha value is -1.67. The molecule has 0 aromatic heterocycles. The SMILES string of the molecule is C[C@@H](N[C@H](C)c1ccccc1F)c1ccccc1. The third-order valence-electron chi connectivity index (χ3n) is 3.17. The van der Waals surface area contributed by atoms with E-state index in [4.69, 9.17) is 0 Å². The smallest absolute Gasteiger partial charge is 0.127 e. The van der Waals surface area contributed by atoms with Crippen LogP contribution in [0.3, 0.4) is 0 Å². The summed E-state index contributed by atoms with van der Waals surface area (Å²) in [6, 6.07) is 17.3. The van der Waals surface area contributed by atoms with Gasteiger partial charge in [-0.3, -0.25) is 0 Å². The van der Waals surface area contributed by atoms with E-state index >= 15 is 0 Å². The summed E-state index contributed by atoms with van der Waals surface area (Å²) in [5.74, 6) is -0.155. The van der Waals surface area contributed by atoms with E-state index in [0.717, 1.165) is 0 Å². The van der Waals surface area contributed by atoms with E-state index in [9.17, 15) is 4.39 Å². The standard InChI is InChI=1S/C16H18FN/c1-12(14-8-4-3-5-9-14)18-13(2)15-10-6-7-11-16(15)17/h3-13,18H,1-2H3/t12-,13-/m1/s1. The molecule has 2 atom stereocenters. The Labute approximate surface area is 108 Å². The molecule has 2 rings (SSSR count). The van der Waals surface area contributed by atoms with Crippen LogP contribution in [0, 0.1) is 5.82 Å².